The lowest BCUT2D eigenvalue weighted by atomic mass is 10.1. The quantitative estimate of drug-likeness (QED) is 0.853. The molecule has 0 fully saturated rings. The number of ether oxygens (including phenoxy) is 1. The van der Waals surface area contributed by atoms with Crippen LogP contribution in [-0.2, 0) is 4.79 Å². The van der Waals surface area contributed by atoms with E-state index in [0.717, 1.165) is 11.3 Å². The third-order valence-electron chi connectivity index (χ3n) is 2.81. The summed E-state index contributed by atoms with van der Waals surface area (Å²) >= 11 is 0. The molecule has 1 aromatic carbocycles. The van der Waals surface area contributed by atoms with Crippen LogP contribution in [0.2, 0.25) is 0 Å². The summed E-state index contributed by atoms with van der Waals surface area (Å²) in [6.45, 7) is 6.20. The lowest BCUT2D eigenvalue weighted by molar-refractivity contribution is -0.138. The molecule has 0 aliphatic rings. The van der Waals surface area contributed by atoms with E-state index in [1.807, 2.05) is 36.9 Å². The Labute approximate surface area is 102 Å². The first-order chi connectivity index (χ1) is 8.01. The van der Waals surface area contributed by atoms with E-state index in [2.05, 4.69) is 0 Å². The molecule has 1 unspecified atom stereocenters. The van der Waals surface area contributed by atoms with Crippen LogP contribution in [0.15, 0.2) is 18.2 Å². The number of benzene rings is 1. The van der Waals surface area contributed by atoms with Gasteiger partial charge in [0, 0.05) is 6.54 Å². The predicted molar refractivity (Wildman–Crippen MR) is 67.8 cm³/mol. The van der Waals surface area contributed by atoms with Crippen molar-refractivity contribution in [3.05, 3.63) is 23.8 Å². The molecule has 17 heavy (non-hydrogen) atoms. The summed E-state index contributed by atoms with van der Waals surface area (Å²) in [5.74, 6) is -0.138. The van der Waals surface area contributed by atoms with Gasteiger partial charge in [0.1, 0.15) is 11.8 Å². The Balaban J connectivity index is 3.18. The molecule has 1 atom stereocenters. The van der Waals surface area contributed by atoms with Crippen molar-refractivity contribution >= 4 is 11.7 Å². The number of carboxylic acid groups (broad SMARTS) is 1. The van der Waals surface area contributed by atoms with Crippen molar-refractivity contribution in [2.24, 2.45) is 0 Å². The standard InChI is InChI=1S/C13H19NO3/c1-5-14(10(3)13(15)16)11-8-9(2)6-7-12(11)17-4/h6-8,10H,5H2,1-4H3,(H,15,16). The molecule has 0 heterocycles. The number of rotatable bonds is 5. The Bertz CT molecular complexity index is 404. The van der Waals surface area contributed by atoms with Gasteiger partial charge in [-0.15, -0.1) is 0 Å². The molecule has 1 aromatic rings. The van der Waals surface area contributed by atoms with Crippen molar-refractivity contribution in [3.8, 4) is 5.75 Å². The SMILES string of the molecule is CCN(c1cc(C)ccc1OC)C(C)C(=O)O. The summed E-state index contributed by atoms with van der Waals surface area (Å²) < 4.78 is 5.28. The minimum absolute atomic E-state index is 0.573. The van der Waals surface area contributed by atoms with Gasteiger partial charge in [0.15, 0.2) is 0 Å². The second kappa shape index (κ2) is 5.57. The maximum Gasteiger partial charge on any atom is 0.326 e. The highest BCUT2D eigenvalue weighted by Gasteiger charge is 2.22. The minimum atomic E-state index is -0.838. The van der Waals surface area contributed by atoms with Crippen molar-refractivity contribution in [1.29, 1.82) is 0 Å². The van der Waals surface area contributed by atoms with Crippen LogP contribution in [0.3, 0.4) is 0 Å². The van der Waals surface area contributed by atoms with Crippen LogP contribution in [0.25, 0.3) is 0 Å². The Morgan fingerprint density at radius 3 is 2.65 bits per heavy atom. The third kappa shape index (κ3) is 2.90. The summed E-state index contributed by atoms with van der Waals surface area (Å²) in [5, 5.41) is 9.10. The Morgan fingerprint density at radius 2 is 2.18 bits per heavy atom. The van der Waals surface area contributed by atoms with Crippen molar-refractivity contribution in [2.45, 2.75) is 26.8 Å². The summed E-state index contributed by atoms with van der Waals surface area (Å²) in [7, 11) is 1.59. The van der Waals surface area contributed by atoms with E-state index in [9.17, 15) is 4.79 Å². The van der Waals surface area contributed by atoms with E-state index >= 15 is 0 Å². The number of methoxy groups -OCH3 is 1. The third-order valence-corrected chi connectivity index (χ3v) is 2.81. The zero-order chi connectivity index (χ0) is 13.0. The fraction of sp³-hybridized carbons (Fsp3) is 0.462. The highest BCUT2D eigenvalue weighted by molar-refractivity contribution is 5.79. The maximum atomic E-state index is 11.1. The molecule has 0 aromatic heterocycles. The fourth-order valence-corrected chi connectivity index (χ4v) is 1.81. The molecule has 4 nitrogen and oxygen atoms in total. The molecule has 0 aliphatic carbocycles. The smallest absolute Gasteiger partial charge is 0.326 e. The van der Waals surface area contributed by atoms with Crippen LogP contribution in [-0.4, -0.2) is 30.8 Å². The molecule has 0 saturated carbocycles. The van der Waals surface area contributed by atoms with Crippen LogP contribution in [0, 0.1) is 6.92 Å². The van der Waals surface area contributed by atoms with E-state index in [1.165, 1.54) is 0 Å². The molecule has 94 valence electrons. The van der Waals surface area contributed by atoms with E-state index < -0.39 is 12.0 Å². The average Bonchev–Trinajstić information content (AvgIpc) is 2.30. The summed E-state index contributed by atoms with van der Waals surface area (Å²) in [6, 6.07) is 5.18. The number of anilines is 1. The molecular weight excluding hydrogens is 218 g/mol. The van der Waals surface area contributed by atoms with Crippen LogP contribution >= 0.6 is 0 Å². The van der Waals surface area contributed by atoms with E-state index in [4.69, 9.17) is 9.84 Å². The first kappa shape index (κ1) is 13.4. The maximum absolute atomic E-state index is 11.1. The zero-order valence-electron chi connectivity index (χ0n) is 10.7. The number of aryl methyl sites for hydroxylation is 1. The van der Waals surface area contributed by atoms with Crippen molar-refractivity contribution in [2.75, 3.05) is 18.6 Å². The van der Waals surface area contributed by atoms with Gasteiger partial charge in [-0.2, -0.15) is 0 Å². The lowest BCUT2D eigenvalue weighted by Gasteiger charge is -2.28. The van der Waals surface area contributed by atoms with Gasteiger partial charge >= 0.3 is 5.97 Å². The van der Waals surface area contributed by atoms with E-state index in [0.29, 0.717) is 12.3 Å². The van der Waals surface area contributed by atoms with Crippen molar-refractivity contribution < 1.29 is 14.6 Å². The van der Waals surface area contributed by atoms with E-state index in [-0.39, 0.29) is 0 Å². The molecule has 4 heteroatoms. The molecule has 0 bridgehead atoms. The van der Waals surface area contributed by atoms with Crippen LogP contribution in [0.4, 0.5) is 5.69 Å². The topological polar surface area (TPSA) is 49.8 Å². The molecule has 0 radical (unpaired) electrons. The summed E-state index contributed by atoms with van der Waals surface area (Å²) in [5.41, 5.74) is 1.90. The largest absolute Gasteiger partial charge is 0.495 e. The normalized spacial score (nSPS) is 12.0. The first-order valence-corrected chi connectivity index (χ1v) is 5.65. The van der Waals surface area contributed by atoms with Crippen LogP contribution < -0.4 is 9.64 Å². The molecule has 0 amide bonds. The zero-order valence-corrected chi connectivity index (χ0v) is 10.7. The summed E-state index contributed by atoms with van der Waals surface area (Å²) in [4.78, 5) is 12.9. The second-order valence-corrected chi connectivity index (χ2v) is 3.98. The second-order valence-electron chi connectivity index (χ2n) is 3.98. The Kier molecular flexibility index (Phi) is 4.37. The van der Waals surface area contributed by atoms with Gasteiger partial charge in [-0.1, -0.05) is 6.07 Å². The van der Waals surface area contributed by atoms with Gasteiger partial charge < -0.3 is 14.7 Å². The molecule has 1 N–H and O–H groups in total. The minimum Gasteiger partial charge on any atom is -0.495 e. The van der Waals surface area contributed by atoms with Crippen molar-refractivity contribution in [3.63, 3.8) is 0 Å². The molecular formula is C13H19NO3. The number of nitrogens with zero attached hydrogens (tertiary/aromatic N) is 1. The molecule has 0 aliphatic heterocycles. The highest BCUT2D eigenvalue weighted by Crippen LogP contribution is 2.30. The highest BCUT2D eigenvalue weighted by atomic mass is 16.5. The van der Waals surface area contributed by atoms with Gasteiger partial charge in [0.25, 0.3) is 0 Å². The van der Waals surface area contributed by atoms with Gasteiger partial charge in [-0.05, 0) is 38.5 Å². The number of carbonyl (C=O) groups is 1. The Morgan fingerprint density at radius 1 is 1.53 bits per heavy atom. The molecule has 0 saturated heterocycles. The van der Waals surface area contributed by atoms with Gasteiger partial charge in [-0.3, -0.25) is 0 Å². The molecule has 1 rings (SSSR count). The van der Waals surface area contributed by atoms with Gasteiger partial charge in [-0.25, -0.2) is 4.79 Å². The number of carboxylic acids is 1. The monoisotopic (exact) mass is 237 g/mol. The average molecular weight is 237 g/mol. The molecule has 0 spiro atoms. The van der Waals surface area contributed by atoms with Crippen LogP contribution in [0.1, 0.15) is 19.4 Å². The number of hydrogen-bond donors (Lipinski definition) is 1. The fourth-order valence-electron chi connectivity index (χ4n) is 1.81. The first-order valence-electron chi connectivity index (χ1n) is 5.65. The Hall–Kier alpha value is -1.71. The number of likely N-dealkylation sites (N-methyl/N-ethyl adjacent to an activating group) is 1. The number of hydrogen-bond acceptors (Lipinski definition) is 3. The van der Waals surface area contributed by atoms with E-state index in [1.54, 1.807) is 14.0 Å². The van der Waals surface area contributed by atoms with Crippen LogP contribution in [0.5, 0.6) is 5.75 Å². The van der Waals surface area contributed by atoms with Gasteiger partial charge in [0.05, 0.1) is 12.8 Å². The predicted octanol–water partition coefficient (Wildman–Crippen LogP) is 2.30. The number of aliphatic carboxylic acids is 1. The lowest BCUT2D eigenvalue weighted by Crippen LogP contribution is -2.39. The van der Waals surface area contributed by atoms with Gasteiger partial charge in [0.2, 0.25) is 0 Å². The van der Waals surface area contributed by atoms with Crippen molar-refractivity contribution in [1.82, 2.24) is 0 Å². The summed E-state index contributed by atoms with van der Waals surface area (Å²) in [6.07, 6.45) is 0.